The zero-order chi connectivity index (χ0) is 18.4. The molecular formula is C22H14FN3O. The van der Waals surface area contributed by atoms with E-state index in [2.05, 4.69) is 4.98 Å². The first-order valence-corrected chi connectivity index (χ1v) is 8.63. The van der Waals surface area contributed by atoms with Gasteiger partial charge in [0.25, 0.3) is 0 Å². The molecule has 2 heterocycles. The third-order valence-electron chi connectivity index (χ3n) is 4.71. The summed E-state index contributed by atoms with van der Waals surface area (Å²) < 4.78 is 15.7. The molecule has 2 aromatic heterocycles. The Hall–Kier alpha value is -3.60. The lowest BCUT2D eigenvalue weighted by molar-refractivity contribution is 0.0974. The van der Waals surface area contributed by atoms with Gasteiger partial charge in [0, 0.05) is 10.9 Å². The summed E-state index contributed by atoms with van der Waals surface area (Å²) in [4.78, 5) is 22.2. The smallest absolute Gasteiger partial charge is 0.182 e. The highest BCUT2D eigenvalue weighted by molar-refractivity contribution is 6.08. The Morgan fingerprint density at radius 3 is 2.37 bits per heavy atom. The van der Waals surface area contributed by atoms with Crippen molar-refractivity contribution >= 4 is 38.9 Å². The van der Waals surface area contributed by atoms with E-state index in [1.807, 2.05) is 47.0 Å². The zero-order valence-corrected chi connectivity index (χ0v) is 14.3. The van der Waals surface area contributed by atoms with Gasteiger partial charge in [0.1, 0.15) is 11.3 Å². The second-order valence-corrected chi connectivity index (χ2v) is 6.42. The summed E-state index contributed by atoms with van der Waals surface area (Å²) in [6.45, 7) is 0.114. The second kappa shape index (κ2) is 5.99. The van der Waals surface area contributed by atoms with Gasteiger partial charge >= 0.3 is 0 Å². The highest BCUT2D eigenvalue weighted by atomic mass is 19.1. The van der Waals surface area contributed by atoms with E-state index < -0.39 is 0 Å². The molecule has 0 saturated heterocycles. The van der Waals surface area contributed by atoms with Gasteiger partial charge in [-0.2, -0.15) is 0 Å². The minimum absolute atomic E-state index is 0.0336. The van der Waals surface area contributed by atoms with Gasteiger partial charge in [-0.25, -0.2) is 14.4 Å². The third-order valence-corrected chi connectivity index (χ3v) is 4.71. The van der Waals surface area contributed by atoms with Crippen molar-refractivity contribution in [3.63, 3.8) is 0 Å². The summed E-state index contributed by atoms with van der Waals surface area (Å²) in [5, 5.41) is 0.657. The molecular weight excluding hydrogens is 341 g/mol. The van der Waals surface area contributed by atoms with Crippen molar-refractivity contribution in [2.75, 3.05) is 0 Å². The molecule has 27 heavy (non-hydrogen) atoms. The number of carbonyl (C=O) groups excluding carboxylic acids is 1. The molecule has 130 valence electrons. The first-order chi connectivity index (χ1) is 13.2. The molecule has 0 saturated carbocycles. The summed E-state index contributed by atoms with van der Waals surface area (Å²) in [6.07, 6.45) is 0. The number of ketones is 1. The second-order valence-electron chi connectivity index (χ2n) is 6.42. The Morgan fingerprint density at radius 2 is 1.59 bits per heavy atom. The molecule has 5 rings (SSSR count). The molecule has 0 amide bonds. The summed E-state index contributed by atoms with van der Waals surface area (Å²) in [5.41, 5.74) is 4.03. The minimum atomic E-state index is -0.342. The molecule has 5 aromatic rings. The summed E-state index contributed by atoms with van der Waals surface area (Å²) in [6, 6.07) is 21.2. The van der Waals surface area contributed by atoms with Crippen LogP contribution in [0, 0.1) is 5.82 Å². The first kappa shape index (κ1) is 15.6. The van der Waals surface area contributed by atoms with Crippen LogP contribution in [0.1, 0.15) is 10.4 Å². The first-order valence-electron chi connectivity index (χ1n) is 8.63. The van der Waals surface area contributed by atoms with Crippen molar-refractivity contribution in [3.8, 4) is 0 Å². The lowest BCUT2D eigenvalue weighted by Crippen LogP contribution is -2.10. The van der Waals surface area contributed by atoms with Gasteiger partial charge in [0.2, 0.25) is 0 Å². The fourth-order valence-corrected chi connectivity index (χ4v) is 3.43. The van der Waals surface area contributed by atoms with Crippen molar-refractivity contribution < 1.29 is 9.18 Å². The number of halogens is 1. The molecule has 0 N–H and O–H groups in total. The average molecular weight is 355 g/mol. The molecule has 0 aliphatic carbocycles. The Labute approximate surface area is 153 Å². The number of hydrogen-bond acceptors (Lipinski definition) is 3. The number of benzene rings is 3. The van der Waals surface area contributed by atoms with Crippen LogP contribution >= 0.6 is 0 Å². The van der Waals surface area contributed by atoms with Crippen molar-refractivity contribution in [1.29, 1.82) is 0 Å². The van der Waals surface area contributed by atoms with Crippen LogP contribution in [0.2, 0.25) is 0 Å². The Morgan fingerprint density at radius 1 is 0.889 bits per heavy atom. The number of Topliss-reactive ketones (excluding diaryl/α,β-unsaturated/α-hetero) is 1. The normalized spacial score (nSPS) is 11.4. The lowest BCUT2D eigenvalue weighted by atomic mass is 10.1. The molecule has 0 radical (unpaired) electrons. The van der Waals surface area contributed by atoms with Gasteiger partial charge in [-0.3, -0.25) is 4.79 Å². The van der Waals surface area contributed by atoms with Crippen LogP contribution in [-0.2, 0) is 6.54 Å². The van der Waals surface area contributed by atoms with Crippen LogP contribution in [-0.4, -0.2) is 20.3 Å². The maximum absolute atomic E-state index is 13.9. The molecule has 4 nitrogen and oxygen atoms in total. The Kier molecular flexibility index (Phi) is 3.47. The number of rotatable bonds is 3. The lowest BCUT2D eigenvalue weighted by Gasteiger charge is -2.06. The van der Waals surface area contributed by atoms with Crippen molar-refractivity contribution in [2.24, 2.45) is 0 Å². The van der Waals surface area contributed by atoms with E-state index in [1.165, 1.54) is 12.1 Å². The van der Waals surface area contributed by atoms with Crippen LogP contribution in [0.15, 0.2) is 72.8 Å². The number of nitrogens with zero attached hydrogens (tertiary/aromatic N) is 3. The highest BCUT2D eigenvalue weighted by Gasteiger charge is 2.17. The summed E-state index contributed by atoms with van der Waals surface area (Å²) in [5.74, 6) is -0.375. The maximum atomic E-state index is 13.9. The summed E-state index contributed by atoms with van der Waals surface area (Å²) in [7, 11) is 0. The largest absolute Gasteiger partial charge is 0.316 e. The Balaban J connectivity index is 1.78. The standard InChI is InChI=1S/C22H14FN3O/c23-15-10-11-19-16(12-15)21-22(25-18-9-5-4-8-17(18)24-21)26(19)13-20(27)14-6-2-1-3-7-14/h1-12H,13H2. The van der Waals surface area contributed by atoms with Gasteiger partial charge < -0.3 is 4.57 Å². The SMILES string of the molecule is O=C(Cn1c2ccc(F)cc2c2nc3ccccc3nc21)c1ccccc1. The predicted molar refractivity (Wildman–Crippen MR) is 103 cm³/mol. The zero-order valence-electron chi connectivity index (χ0n) is 14.3. The number of para-hydroxylation sites is 2. The van der Waals surface area contributed by atoms with Crippen LogP contribution in [0.3, 0.4) is 0 Å². The summed E-state index contributed by atoms with van der Waals surface area (Å²) >= 11 is 0. The number of aromatic nitrogens is 3. The van der Waals surface area contributed by atoms with E-state index >= 15 is 0 Å². The molecule has 0 spiro atoms. The molecule has 0 fully saturated rings. The molecule has 0 bridgehead atoms. The van der Waals surface area contributed by atoms with E-state index in [0.29, 0.717) is 22.1 Å². The van der Waals surface area contributed by atoms with Gasteiger partial charge in [-0.05, 0) is 30.3 Å². The van der Waals surface area contributed by atoms with Crippen LogP contribution in [0.25, 0.3) is 33.1 Å². The highest BCUT2D eigenvalue weighted by Crippen LogP contribution is 2.29. The van der Waals surface area contributed by atoms with Gasteiger partial charge in [-0.1, -0.05) is 42.5 Å². The molecule has 3 aromatic carbocycles. The fourth-order valence-electron chi connectivity index (χ4n) is 3.43. The third kappa shape index (κ3) is 2.56. The molecule has 0 aliphatic rings. The van der Waals surface area contributed by atoms with Crippen molar-refractivity contribution in [2.45, 2.75) is 6.54 Å². The topological polar surface area (TPSA) is 47.8 Å². The molecule has 0 unspecified atom stereocenters. The van der Waals surface area contributed by atoms with E-state index in [0.717, 1.165) is 16.6 Å². The quantitative estimate of drug-likeness (QED) is 0.438. The van der Waals surface area contributed by atoms with E-state index in [9.17, 15) is 9.18 Å². The van der Waals surface area contributed by atoms with E-state index in [4.69, 9.17) is 4.98 Å². The number of hydrogen-bond donors (Lipinski definition) is 0. The Bertz CT molecular complexity index is 1330. The van der Waals surface area contributed by atoms with Gasteiger partial charge in [-0.15, -0.1) is 0 Å². The molecule has 5 heteroatoms. The van der Waals surface area contributed by atoms with Gasteiger partial charge in [0.15, 0.2) is 11.4 Å². The number of fused-ring (bicyclic) bond motifs is 4. The monoisotopic (exact) mass is 355 g/mol. The maximum Gasteiger partial charge on any atom is 0.182 e. The molecule has 0 atom stereocenters. The van der Waals surface area contributed by atoms with Crippen molar-refractivity contribution in [1.82, 2.24) is 14.5 Å². The average Bonchev–Trinajstić information content (AvgIpc) is 2.99. The van der Waals surface area contributed by atoms with E-state index in [-0.39, 0.29) is 18.1 Å². The number of carbonyl (C=O) groups is 1. The predicted octanol–water partition coefficient (Wildman–Crippen LogP) is 4.76. The van der Waals surface area contributed by atoms with E-state index in [1.54, 1.807) is 18.2 Å². The minimum Gasteiger partial charge on any atom is -0.316 e. The van der Waals surface area contributed by atoms with Crippen LogP contribution < -0.4 is 0 Å². The van der Waals surface area contributed by atoms with Crippen LogP contribution in [0.4, 0.5) is 4.39 Å². The van der Waals surface area contributed by atoms with Crippen molar-refractivity contribution in [3.05, 3.63) is 84.2 Å². The fraction of sp³-hybridized carbons (Fsp3) is 0.0455. The molecule has 0 aliphatic heterocycles. The van der Waals surface area contributed by atoms with Gasteiger partial charge in [0.05, 0.1) is 23.1 Å². The van der Waals surface area contributed by atoms with Crippen LogP contribution in [0.5, 0.6) is 0 Å².